The second-order valence-corrected chi connectivity index (χ2v) is 3.58. The van der Waals surface area contributed by atoms with Crippen LogP contribution < -0.4 is 4.74 Å². The molecule has 0 radical (unpaired) electrons. The Morgan fingerprint density at radius 3 is 2.86 bits per heavy atom. The SMILES string of the molecule is COc1ccc(Cl)cc1/C=C/CCCl. The number of allylic oxidation sites excluding steroid dienone is 1. The molecule has 0 spiro atoms. The van der Waals surface area contributed by atoms with Gasteiger partial charge in [0.15, 0.2) is 0 Å². The molecule has 0 unspecified atom stereocenters. The Morgan fingerprint density at radius 1 is 1.43 bits per heavy atom. The van der Waals surface area contributed by atoms with Crippen molar-refractivity contribution >= 4 is 29.3 Å². The van der Waals surface area contributed by atoms with Crippen molar-refractivity contribution in [1.82, 2.24) is 0 Å². The average molecular weight is 231 g/mol. The van der Waals surface area contributed by atoms with Crippen molar-refractivity contribution in [3.63, 3.8) is 0 Å². The van der Waals surface area contributed by atoms with Gasteiger partial charge >= 0.3 is 0 Å². The van der Waals surface area contributed by atoms with Crippen LogP contribution in [0.2, 0.25) is 5.02 Å². The lowest BCUT2D eigenvalue weighted by Gasteiger charge is -2.04. The van der Waals surface area contributed by atoms with Crippen LogP contribution in [0.1, 0.15) is 12.0 Å². The molecule has 0 aromatic heterocycles. The van der Waals surface area contributed by atoms with Gasteiger partial charge in [-0.05, 0) is 24.6 Å². The van der Waals surface area contributed by atoms with Gasteiger partial charge in [-0.3, -0.25) is 0 Å². The van der Waals surface area contributed by atoms with Crippen molar-refractivity contribution in [3.8, 4) is 5.75 Å². The van der Waals surface area contributed by atoms with Gasteiger partial charge in [0.1, 0.15) is 5.75 Å². The first-order chi connectivity index (χ1) is 6.77. The van der Waals surface area contributed by atoms with Crippen molar-refractivity contribution in [2.24, 2.45) is 0 Å². The number of hydrogen-bond acceptors (Lipinski definition) is 1. The van der Waals surface area contributed by atoms with Crippen LogP contribution >= 0.6 is 23.2 Å². The molecule has 76 valence electrons. The Labute approximate surface area is 94.3 Å². The minimum absolute atomic E-state index is 0.624. The molecule has 1 aromatic carbocycles. The zero-order chi connectivity index (χ0) is 10.4. The van der Waals surface area contributed by atoms with Crippen LogP contribution in [0.4, 0.5) is 0 Å². The predicted octanol–water partition coefficient (Wildman–Crippen LogP) is 3.99. The predicted molar refractivity (Wildman–Crippen MR) is 62.4 cm³/mol. The van der Waals surface area contributed by atoms with Crippen LogP contribution in [-0.2, 0) is 0 Å². The highest BCUT2D eigenvalue weighted by molar-refractivity contribution is 6.30. The molecular weight excluding hydrogens is 219 g/mol. The molecule has 14 heavy (non-hydrogen) atoms. The highest BCUT2D eigenvalue weighted by atomic mass is 35.5. The Kier molecular flexibility index (Phi) is 4.85. The van der Waals surface area contributed by atoms with Gasteiger partial charge in [-0.25, -0.2) is 0 Å². The maximum atomic E-state index is 5.87. The van der Waals surface area contributed by atoms with Gasteiger partial charge in [-0.1, -0.05) is 23.8 Å². The highest BCUT2D eigenvalue weighted by Crippen LogP contribution is 2.23. The molecule has 3 heteroatoms. The summed E-state index contributed by atoms with van der Waals surface area (Å²) in [5, 5.41) is 0.705. The van der Waals surface area contributed by atoms with E-state index < -0.39 is 0 Å². The Balaban J connectivity index is 2.87. The van der Waals surface area contributed by atoms with Gasteiger partial charge < -0.3 is 4.74 Å². The van der Waals surface area contributed by atoms with Crippen molar-refractivity contribution in [1.29, 1.82) is 0 Å². The summed E-state index contributed by atoms with van der Waals surface area (Å²) in [5.74, 6) is 1.44. The summed E-state index contributed by atoms with van der Waals surface area (Å²) in [6.45, 7) is 0. The molecule has 0 fully saturated rings. The first-order valence-corrected chi connectivity index (χ1v) is 5.25. The lowest BCUT2D eigenvalue weighted by atomic mass is 10.2. The quantitative estimate of drug-likeness (QED) is 0.712. The normalized spacial score (nSPS) is 10.8. The molecule has 0 aliphatic carbocycles. The molecule has 0 heterocycles. The van der Waals surface area contributed by atoms with Crippen molar-refractivity contribution in [2.45, 2.75) is 6.42 Å². The van der Waals surface area contributed by atoms with Crippen LogP contribution in [-0.4, -0.2) is 13.0 Å². The van der Waals surface area contributed by atoms with Gasteiger partial charge in [0, 0.05) is 16.5 Å². The second-order valence-electron chi connectivity index (χ2n) is 2.77. The Morgan fingerprint density at radius 2 is 2.21 bits per heavy atom. The molecule has 0 atom stereocenters. The second kappa shape index (κ2) is 5.94. The lowest BCUT2D eigenvalue weighted by Crippen LogP contribution is -1.86. The summed E-state index contributed by atoms with van der Waals surface area (Å²) in [7, 11) is 1.64. The van der Waals surface area contributed by atoms with Crippen LogP contribution in [0.15, 0.2) is 24.3 Å². The van der Waals surface area contributed by atoms with E-state index in [1.54, 1.807) is 13.2 Å². The van der Waals surface area contributed by atoms with E-state index in [1.165, 1.54) is 0 Å². The highest BCUT2D eigenvalue weighted by Gasteiger charge is 1.99. The fraction of sp³-hybridized carbons (Fsp3) is 0.273. The molecule has 0 saturated carbocycles. The van der Waals surface area contributed by atoms with Gasteiger partial charge in [0.2, 0.25) is 0 Å². The Hall–Kier alpha value is -0.660. The van der Waals surface area contributed by atoms with E-state index in [1.807, 2.05) is 24.3 Å². The van der Waals surface area contributed by atoms with Crippen LogP contribution in [0.5, 0.6) is 5.75 Å². The molecule has 1 nitrogen and oxygen atoms in total. The number of benzene rings is 1. The van der Waals surface area contributed by atoms with Gasteiger partial charge in [0.25, 0.3) is 0 Å². The molecule has 0 bridgehead atoms. The van der Waals surface area contributed by atoms with E-state index in [4.69, 9.17) is 27.9 Å². The molecule has 0 N–H and O–H groups in total. The van der Waals surface area contributed by atoms with Gasteiger partial charge in [-0.15, -0.1) is 11.6 Å². The molecule has 0 aliphatic rings. The number of halogens is 2. The minimum atomic E-state index is 0.624. The number of rotatable bonds is 4. The maximum Gasteiger partial charge on any atom is 0.126 e. The van der Waals surface area contributed by atoms with Crippen molar-refractivity contribution in [3.05, 3.63) is 34.9 Å². The summed E-state index contributed by atoms with van der Waals surface area (Å²) < 4.78 is 5.19. The number of ether oxygens (including phenoxy) is 1. The number of alkyl halides is 1. The molecule has 0 aliphatic heterocycles. The van der Waals surface area contributed by atoms with E-state index in [0.717, 1.165) is 17.7 Å². The summed E-state index contributed by atoms with van der Waals surface area (Å²) >= 11 is 11.4. The van der Waals surface area contributed by atoms with E-state index in [2.05, 4.69) is 0 Å². The van der Waals surface area contributed by atoms with E-state index >= 15 is 0 Å². The summed E-state index contributed by atoms with van der Waals surface area (Å²) in [6.07, 6.45) is 4.81. The van der Waals surface area contributed by atoms with E-state index in [0.29, 0.717) is 10.9 Å². The number of hydrogen-bond donors (Lipinski definition) is 0. The van der Waals surface area contributed by atoms with Crippen molar-refractivity contribution in [2.75, 3.05) is 13.0 Å². The Bertz CT molecular complexity index is 321. The summed E-state index contributed by atoms with van der Waals surface area (Å²) in [6, 6.07) is 5.52. The van der Waals surface area contributed by atoms with Crippen LogP contribution in [0, 0.1) is 0 Å². The minimum Gasteiger partial charge on any atom is -0.496 e. The molecule has 1 aromatic rings. The molecule has 0 saturated heterocycles. The summed E-state index contributed by atoms with van der Waals surface area (Å²) in [4.78, 5) is 0. The average Bonchev–Trinajstić information content (AvgIpc) is 2.19. The van der Waals surface area contributed by atoms with Gasteiger partial charge in [-0.2, -0.15) is 0 Å². The molecule has 0 amide bonds. The third-order valence-electron chi connectivity index (χ3n) is 1.76. The molecular formula is C11H12Cl2O. The van der Waals surface area contributed by atoms with Gasteiger partial charge in [0.05, 0.1) is 7.11 Å². The largest absolute Gasteiger partial charge is 0.496 e. The smallest absolute Gasteiger partial charge is 0.126 e. The first kappa shape index (κ1) is 11.4. The first-order valence-electron chi connectivity index (χ1n) is 4.34. The third-order valence-corrected chi connectivity index (χ3v) is 2.22. The zero-order valence-electron chi connectivity index (χ0n) is 7.97. The fourth-order valence-corrected chi connectivity index (χ4v) is 1.42. The van der Waals surface area contributed by atoms with Crippen LogP contribution in [0.3, 0.4) is 0 Å². The molecule has 1 rings (SSSR count). The lowest BCUT2D eigenvalue weighted by molar-refractivity contribution is 0.414. The van der Waals surface area contributed by atoms with Crippen molar-refractivity contribution < 1.29 is 4.74 Å². The van der Waals surface area contributed by atoms with E-state index in [-0.39, 0.29) is 0 Å². The zero-order valence-corrected chi connectivity index (χ0v) is 9.48. The monoisotopic (exact) mass is 230 g/mol. The number of methoxy groups -OCH3 is 1. The topological polar surface area (TPSA) is 9.23 Å². The maximum absolute atomic E-state index is 5.87. The van der Waals surface area contributed by atoms with E-state index in [9.17, 15) is 0 Å². The standard InChI is InChI=1S/C11H12Cl2O/c1-14-11-6-5-10(13)8-9(11)4-2-3-7-12/h2,4-6,8H,3,7H2,1H3/b4-2+. The summed E-state index contributed by atoms with van der Waals surface area (Å²) in [5.41, 5.74) is 0.977. The fourth-order valence-electron chi connectivity index (χ4n) is 1.11. The third kappa shape index (κ3) is 3.24. The van der Waals surface area contributed by atoms with Crippen LogP contribution in [0.25, 0.3) is 6.08 Å².